The van der Waals surface area contributed by atoms with Gasteiger partial charge in [-0.2, -0.15) is 0 Å². The number of carbonyl (C=O) groups is 1. The first-order chi connectivity index (χ1) is 12.7. The molecular formula is C20H27N3O2S. The van der Waals surface area contributed by atoms with Crippen molar-refractivity contribution < 1.29 is 9.90 Å². The fraction of sp³-hybridized carbons (Fsp3) is 0.600. The molecule has 2 fully saturated rings. The standard InChI is InChI=1S/C20H27N3O2S/c24-20(25)16-4-6-17(7-5-16)23-11-8-21-19(23)18-12-15(14-26-18)13-22-9-2-1-3-10-22/h8,11-12,14,16-17H,1-7,9-10,13H2,(H,24,25). The maximum absolute atomic E-state index is 11.2. The predicted octanol–water partition coefficient (Wildman–Crippen LogP) is 4.41. The molecule has 26 heavy (non-hydrogen) atoms. The van der Waals surface area contributed by atoms with Crippen molar-refractivity contribution in [2.24, 2.45) is 5.92 Å². The molecule has 2 aromatic rings. The fourth-order valence-corrected chi connectivity index (χ4v) is 5.25. The van der Waals surface area contributed by atoms with E-state index < -0.39 is 5.97 Å². The Morgan fingerprint density at radius 1 is 1.19 bits per heavy atom. The number of thiophene rings is 1. The summed E-state index contributed by atoms with van der Waals surface area (Å²) in [6.45, 7) is 3.47. The van der Waals surface area contributed by atoms with Gasteiger partial charge in [-0.15, -0.1) is 11.3 Å². The summed E-state index contributed by atoms with van der Waals surface area (Å²) in [4.78, 5) is 19.6. The number of nitrogens with zero attached hydrogens (tertiary/aromatic N) is 3. The Bertz CT molecular complexity index is 740. The van der Waals surface area contributed by atoms with Gasteiger partial charge in [-0.05, 0) is 68.6 Å². The van der Waals surface area contributed by atoms with Crippen LogP contribution in [-0.4, -0.2) is 38.6 Å². The van der Waals surface area contributed by atoms with E-state index in [0.29, 0.717) is 6.04 Å². The highest BCUT2D eigenvalue weighted by molar-refractivity contribution is 7.13. The van der Waals surface area contributed by atoms with Crippen molar-refractivity contribution >= 4 is 17.3 Å². The van der Waals surface area contributed by atoms with Crippen molar-refractivity contribution in [3.63, 3.8) is 0 Å². The summed E-state index contributed by atoms with van der Waals surface area (Å²) in [6.07, 6.45) is 11.3. The van der Waals surface area contributed by atoms with E-state index in [4.69, 9.17) is 0 Å². The normalized spacial score (nSPS) is 24.6. The number of hydrogen-bond donors (Lipinski definition) is 1. The van der Waals surface area contributed by atoms with Gasteiger partial charge < -0.3 is 9.67 Å². The smallest absolute Gasteiger partial charge is 0.306 e. The number of aromatic nitrogens is 2. The van der Waals surface area contributed by atoms with Gasteiger partial charge in [0.15, 0.2) is 0 Å². The number of hydrogen-bond acceptors (Lipinski definition) is 4. The molecule has 2 aromatic heterocycles. The third-order valence-corrected chi connectivity index (χ3v) is 6.81. The Hall–Kier alpha value is -1.66. The molecule has 1 aliphatic carbocycles. The van der Waals surface area contributed by atoms with Crippen molar-refractivity contribution in [2.45, 2.75) is 57.5 Å². The molecule has 4 rings (SSSR count). The number of carboxylic acids is 1. The van der Waals surface area contributed by atoms with Crippen molar-refractivity contribution in [1.82, 2.24) is 14.5 Å². The maximum Gasteiger partial charge on any atom is 0.306 e. The van der Waals surface area contributed by atoms with Crippen molar-refractivity contribution in [1.29, 1.82) is 0 Å². The van der Waals surface area contributed by atoms with Crippen molar-refractivity contribution in [2.75, 3.05) is 13.1 Å². The molecule has 3 heterocycles. The summed E-state index contributed by atoms with van der Waals surface area (Å²) in [5.41, 5.74) is 1.39. The molecule has 2 aliphatic rings. The minimum atomic E-state index is -0.644. The second kappa shape index (κ2) is 7.92. The highest BCUT2D eigenvalue weighted by Crippen LogP contribution is 2.36. The number of likely N-dealkylation sites (tertiary alicyclic amines) is 1. The number of aliphatic carboxylic acids is 1. The first-order valence-electron chi connectivity index (χ1n) is 9.76. The molecule has 0 aromatic carbocycles. The molecule has 0 atom stereocenters. The maximum atomic E-state index is 11.2. The van der Waals surface area contributed by atoms with Crippen molar-refractivity contribution in [3.8, 4) is 10.7 Å². The van der Waals surface area contributed by atoms with Crippen LogP contribution in [0.1, 0.15) is 56.6 Å². The lowest BCUT2D eigenvalue weighted by Gasteiger charge is -2.28. The molecule has 0 bridgehead atoms. The zero-order valence-electron chi connectivity index (χ0n) is 15.1. The average molecular weight is 374 g/mol. The van der Waals surface area contributed by atoms with Gasteiger partial charge in [-0.1, -0.05) is 6.42 Å². The van der Waals surface area contributed by atoms with Crippen LogP contribution < -0.4 is 0 Å². The number of piperidine rings is 1. The van der Waals surface area contributed by atoms with E-state index in [-0.39, 0.29) is 5.92 Å². The molecule has 0 radical (unpaired) electrons. The predicted molar refractivity (Wildman–Crippen MR) is 103 cm³/mol. The minimum Gasteiger partial charge on any atom is -0.481 e. The largest absolute Gasteiger partial charge is 0.481 e. The molecule has 6 heteroatoms. The molecule has 0 amide bonds. The van der Waals surface area contributed by atoms with Crippen molar-refractivity contribution in [3.05, 3.63) is 29.4 Å². The highest BCUT2D eigenvalue weighted by Gasteiger charge is 2.28. The summed E-state index contributed by atoms with van der Waals surface area (Å²) in [6, 6.07) is 2.66. The zero-order valence-corrected chi connectivity index (χ0v) is 16.0. The summed E-state index contributed by atoms with van der Waals surface area (Å²) >= 11 is 1.78. The van der Waals surface area contributed by atoms with E-state index in [1.165, 1.54) is 42.8 Å². The van der Waals surface area contributed by atoms with Gasteiger partial charge in [0.05, 0.1) is 10.8 Å². The van der Waals surface area contributed by atoms with E-state index in [1.807, 2.05) is 6.20 Å². The Morgan fingerprint density at radius 3 is 2.69 bits per heavy atom. The first kappa shape index (κ1) is 17.7. The minimum absolute atomic E-state index is 0.170. The highest BCUT2D eigenvalue weighted by atomic mass is 32.1. The van der Waals surface area contributed by atoms with Gasteiger partial charge in [0.1, 0.15) is 5.82 Å². The van der Waals surface area contributed by atoms with Gasteiger partial charge >= 0.3 is 5.97 Å². The lowest BCUT2D eigenvalue weighted by atomic mass is 9.86. The van der Waals surface area contributed by atoms with Crippen LogP contribution in [0.4, 0.5) is 0 Å². The second-order valence-corrected chi connectivity index (χ2v) is 8.57. The van der Waals surface area contributed by atoms with Crippen LogP contribution in [0.5, 0.6) is 0 Å². The van der Waals surface area contributed by atoms with Gasteiger partial charge in [-0.25, -0.2) is 4.98 Å². The van der Waals surface area contributed by atoms with E-state index in [1.54, 1.807) is 11.3 Å². The lowest BCUT2D eigenvalue weighted by molar-refractivity contribution is -0.143. The lowest BCUT2D eigenvalue weighted by Crippen LogP contribution is -2.28. The van der Waals surface area contributed by atoms with Gasteiger partial charge in [0.2, 0.25) is 0 Å². The second-order valence-electron chi connectivity index (χ2n) is 7.66. The van der Waals surface area contributed by atoms with Gasteiger partial charge in [0, 0.05) is 25.0 Å². The summed E-state index contributed by atoms with van der Waals surface area (Å²) in [5.74, 6) is 0.227. The van der Waals surface area contributed by atoms with Crippen LogP contribution in [0.25, 0.3) is 10.7 Å². The van der Waals surface area contributed by atoms with Crippen LogP contribution in [0.2, 0.25) is 0 Å². The number of imidazole rings is 1. The van der Waals surface area contributed by atoms with Gasteiger partial charge in [-0.3, -0.25) is 9.69 Å². The van der Waals surface area contributed by atoms with Crippen LogP contribution in [0.3, 0.4) is 0 Å². The Labute approximate surface area is 158 Å². The molecule has 1 saturated carbocycles. The molecule has 0 spiro atoms. The van der Waals surface area contributed by atoms with Crippen LogP contribution in [-0.2, 0) is 11.3 Å². The topological polar surface area (TPSA) is 58.4 Å². The summed E-state index contributed by atoms with van der Waals surface area (Å²) in [5, 5.41) is 11.5. The van der Waals surface area contributed by atoms with E-state index >= 15 is 0 Å². The first-order valence-corrected chi connectivity index (χ1v) is 10.6. The third-order valence-electron chi connectivity index (χ3n) is 5.84. The monoisotopic (exact) mass is 373 g/mol. The Balaban J connectivity index is 1.44. The molecule has 1 saturated heterocycles. The quantitative estimate of drug-likeness (QED) is 0.843. The Kier molecular flexibility index (Phi) is 5.41. The van der Waals surface area contributed by atoms with Crippen LogP contribution in [0.15, 0.2) is 23.8 Å². The van der Waals surface area contributed by atoms with Crippen LogP contribution in [0, 0.1) is 5.92 Å². The zero-order chi connectivity index (χ0) is 17.9. The average Bonchev–Trinajstić information content (AvgIpc) is 3.32. The molecule has 1 aliphatic heterocycles. The fourth-order valence-electron chi connectivity index (χ4n) is 4.35. The number of carboxylic acid groups (broad SMARTS) is 1. The molecule has 1 N–H and O–H groups in total. The van der Waals surface area contributed by atoms with E-state index in [2.05, 4.69) is 32.1 Å². The molecule has 5 nitrogen and oxygen atoms in total. The molecule has 140 valence electrons. The van der Waals surface area contributed by atoms with Crippen LogP contribution >= 0.6 is 11.3 Å². The Morgan fingerprint density at radius 2 is 1.96 bits per heavy atom. The third kappa shape index (κ3) is 3.86. The summed E-state index contributed by atoms with van der Waals surface area (Å²) < 4.78 is 2.27. The number of rotatable bonds is 5. The summed E-state index contributed by atoms with van der Waals surface area (Å²) in [7, 11) is 0. The van der Waals surface area contributed by atoms with E-state index in [0.717, 1.165) is 38.1 Å². The molecule has 0 unspecified atom stereocenters. The molecular weight excluding hydrogens is 346 g/mol. The SMILES string of the molecule is O=C(O)C1CCC(n2ccnc2-c2cc(CN3CCCCC3)cs2)CC1. The van der Waals surface area contributed by atoms with Gasteiger partial charge in [0.25, 0.3) is 0 Å². The van der Waals surface area contributed by atoms with E-state index in [9.17, 15) is 9.90 Å².